The van der Waals surface area contributed by atoms with Crippen LogP contribution in [0.5, 0.6) is 0 Å². The molecule has 0 aromatic heterocycles. The van der Waals surface area contributed by atoms with E-state index in [0.717, 1.165) is 31.5 Å². The maximum absolute atomic E-state index is 13.5. The lowest BCUT2D eigenvalue weighted by Gasteiger charge is -2.29. The fourth-order valence-electron chi connectivity index (χ4n) is 2.66. The van der Waals surface area contributed by atoms with Crippen LogP contribution in [0.1, 0.15) is 18.4 Å². The number of halogens is 2. The van der Waals surface area contributed by atoms with Crippen LogP contribution in [0.25, 0.3) is 0 Å². The summed E-state index contributed by atoms with van der Waals surface area (Å²) in [6.07, 6.45) is 1.61. The molecule has 0 radical (unpaired) electrons. The topological polar surface area (TPSA) is 50.4 Å². The van der Waals surface area contributed by atoms with E-state index >= 15 is 0 Å². The first-order chi connectivity index (χ1) is 10.1. The number of hydrogen-bond donors (Lipinski definition) is 2. The average molecular weight is 298 g/mol. The highest BCUT2D eigenvalue weighted by atomic mass is 19.1. The van der Waals surface area contributed by atoms with Gasteiger partial charge in [0.2, 0.25) is 5.91 Å². The van der Waals surface area contributed by atoms with Crippen molar-refractivity contribution in [2.75, 3.05) is 26.8 Å². The van der Waals surface area contributed by atoms with Crippen LogP contribution in [0.3, 0.4) is 0 Å². The molecule has 1 aromatic carbocycles. The van der Waals surface area contributed by atoms with E-state index in [0.29, 0.717) is 13.2 Å². The number of rotatable bonds is 6. The summed E-state index contributed by atoms with van der Waals surface area (Å²) < 4.78 is 32.2. The van der Waals surface area contributed by atoms with Crippen molar-refractivity contribution in [3.05, 3.63) is 35.4 Å². The highest BCUT2D eigenvalue weighted by Gasteiger charge is 2.33. The summed E-state index contributed by atoms with van der Waals surface area (Å²) in [4.78, 5) is 11.9. The first kappa shape index (κ1) is 15.9. The number of hydrogen-bond acceptors (Lipinski definition) is 3. The molecule has 0 aliphatic carbocycles. The first-order valence-electron chi connectivity index (χ1n) is 7.00. The Labute approximate surface area is 122 Å². The minimum Gasteiger partial charge on any atom is -0.383 e. The summed E-state index contributed by atoms with van der Waals surface area (Å²) in [5.41, 5.74) is -0.478. The molecule has 116 valence electrons. The van der Waals surface area contributed by atoms with Gasteiger partial charge in [0.25, 0.3) is 0 Å². The Bertz CT molecular complexity index is 482. The second-order valence-corrected chi connectivity index (χ2v) is 5.40. The molecule has 4 nitrogen and oxygen atoms in total. The van der Waals surface area contributed by atoms with E-state index in [1.165, 1.54) is 6.07 Å². The van der Waals surface area contributed by atoms with Crippen molar-refractivity contribution in [1.29, 1.82) is 0 Å². The van der Waals surface area contributed by atoms with Crippen LogP contribution >= 0.6 is 0 Å². The molecule has 1 heterocycles. The summed E-state index contributed by atoms with van der Waals surface area (Å²) >= 11 is 0. The van der Waals surface area contributed by atoms with Crippen molar-refractivity contribution in [3.63, 3.8) is 0 Å². The van der Waals surface area contributed by atoms with Gasteiger partial charge in [-0.2, -0.15) is 0 Å². The van der Waals surface area contributed by atoms with Crippen LogP contribution in [-0.4, -0.2) is 38.3 Å². The number of methoxy groups -OCH3 is 1. The Morgan fingerprint density at radius 1 is 1.43 bits per heavy atom. The van der Waals surface area contributed by atoms with Crippen LogP contribution < -0.4 is 10.6 Å². The molecule has 0 spiro atoms. The third-order valence-electron chi connectivity index (χ3n) is 3.78. The molecule has 2 N–H and O–H groups in total. The Kier molecular flexibility index (Phi) is 5.25. The highest BCUT2D eigenvalue weighted by molar-refractivity contribution is 5.78. The summed E-state index contributed by atoms with van der Waals surface area (Å²) in [6, 6.07) is 3.58. The van der Waals surface area contributed by atoms with Gasteiger partial charge in [-0.15, -0.1) is 0 Å². The van der Waals surface area contributed by atoms with Crippen molar-refractivity contribution >= 4 is 5.91 Å². The maximum atomic E-state index is 13.5. The van der Waals surface area contributed by atoms with Crippen molar-refractivity contribution in [2.24, 2.45) is 0 Å². The molecule has 1 unspecified atom stereocenters. The fourth-order valence-corrected chi connectivity index (χ4v) is 2.66. The zero-order valence-electron chi connectivity index (χ0n) is 12.0. The average Bonchev–Trinajstić information content (AvgIpc) is 2.90. The van der Waals surface area contributed by atoms with Crippen LogP contribution in [0.4, 0.5) is 8.78 Å². The van der Waals surface area contributed by atoms with Gasteiger partial charge in [-0.25, -0.2) is 8.78 Å². The third kappa shape index (κ3) is 3.98. The molecule has 6 heteroatoms. The van der Waals surface area contributed by atoms with E-state index in [9.17, 15) is 13.6 Å². The van der Waals surface area contributed by atoms with Gasteiger partial charge in [-0.1, -0.05) is 6.07 Å². The standard InChI is InChI=1S/C15H20F2N2O2/c1-21-10-15(6-3-7-19-15)9-18-14(20)8-11-12(16)4-2-5-13(11)17/h2,4-5,19H,3,6-10H2,1H3,(H,18,20). The van der Waals surface area contributed by atoms with Crippen LogP contribution in [0, 0.1) is 11.6 Å². The van der Waals surface area contributed by atoms with Gasteiger partial charge in [-0.3, -0.25) is 4.79 Å². The Hall–Kier alpha value is -1.53. The minimum absolute atomic E-state index is 0.199. The zero-order chi connectivity index (χ0) is 15.3. The molecule has 1 aliphatic rings. The van der Waals surface area contributed by atoms with Gasteiger partial charge in [0.05, 0.1) is 18.6 Å². The Balaban J connectivity index is 1.93. The van der Waals surface area contributed by atoms with Crippen molar-refractivity contribution in [3.8, 4) is 0 Å². The molecule has 0 saturated carbocycles. The summed E-state index contributed by atoms with van der Waals surface area (Å²) in [6.45, 7) is 1.75. The number of amides is 1. The van der Waals surface area contributed by atoms with Crippen molar-refractivity contribution < 1.29 is 18.3 Å². The summed E-state index contributed by atoms with van der Waals surface area (Å²) in [5, 5.41) is 6.06. The Morgan fingerprint density at radius 3 is 2.71 bits per heavy atom. The largest absolute Gasteiger partial charge is 0.383 e. The molecule has 1 atom stereocenters. The SMILES string of the molecule is COCC1(CNC(=O)Cc2c(F)cccc2F)CCCN1. The molecule has 1 aromatic rings. The molecule has 21 heavy (non-hydrogen) atoms. The number of ether oxygens (including phenoxy) is 1. The van der Waals surface area contributed by atoms with Gasteiger partial charge < -0.3 is 15.4 Å². The molecular formula is C15H20F2N2O2. The smallest absolute Gasteiger partial charge is 0.224 e. The quantitative estimate of drug-likeness (QED) is 0.834. The predicted octanol–water partition coefficient (Wildman–Crippen LogP) is 1.39. The van der Waals surface area contributed by atoms with E-state index in [1.54, 1.807) is 7.11 Å². The third-order valence-corrected chi connectivity index (χ3v) is 3.78. The second-order valence-electron chi connectivity index (χ2n) is 5.40. The lowest BCUT2D eigenvalue weighted by molar-refractivity contribution is -0.120. The van der Waals surface area contributed by atoms with Crippen LogP contribution in [-0.2, 0) is 16.0 Å². The van der Waals surface area contributed by atoms with E-state index < -0.39 is 17.5 Å². The molecule has 1 aliphatic heterocycles. The highest BCUT2D eigenvalue weighted by Crippen LogP contribution is 2.19. The van der Waals surface area contributed by atoms with Crippen molar-refractivity contribution in [1.82, 2.24) is 10.6 Å². The number of nitrogens with one attached hydrogen (secondary N) is 2. The maximum Gasteiger partial charge on any atom is 0.224 e. The molecular weight excluding hydrogens is 278 g/mol. The Morgan fingerprint density at radius 2 is 2.14 bits per heavy atom. The lowest BCUT2D eigenvalue weighted by atomic mass is 9.98. The summed E-state index contributed by atoms with van der Waals surface area (Å²) in [7, 11) is 1.61. The number of carbonyl (C=O) groups excluding carboxylic acids is 1. The zero-order valence-corrected chi connectivity index (χ0v) is 12.0. The molecule has 2 rings (SSSR count). The van der Waals surface area contributed by atoms with Crippen molar-refractivity contribution in [2.45, 2.75) is 24.8 Å². The van der Waals surface area contributed by atoms with Gasteiger partial charge in [0.15, 0.2) is 0 Å². The van der Waals surface area contributed by atoms with E-state index in [2.05, 4.69) is 10.6 Å². The summed E-state index contributed by atoms with van der Waals surface area (Å²) in [5.74, 6) is -1.80. The number of benzene rings is 1. The van der Waals surface area contributed by atoms with Crippen LogP contribution in [0.15, 0.2) is 18.2 Å². The normalized spacial score (nSPS) is 21.5. The first-order valence-corrected chi connectivity index (χ1v) is 7.00. The van der Waals surface area contributed by atoms with E-state index in [-0.39, 0.29) is 17.5 Å². The van der Waals surface area contributed by atoms with E-state index in [4.69, 9.17) is 4.74 Å². The van der Waals surface area contributed by atoms with Gasteiger partial charge in [-0.05, 0) is 31.5 Å². The fraction of sp³-hybridized carbons (Fsp3) is 0.533. The second kappa shape index (κ2) is 6.95. The molecule has 0 bridgehead atoms. The number of carbonyl (C=O) groups is 1. The monoisotopic (exact) mass is 298 g/mol. The molecule has 1 amide bonds. The van der Waals surface area contributed by atoms with Gasteiger partial charge >= 0.3 is 0 Å². The van der Waals surface area contributed by atoms with Gasteiger partial charge in [0.1, 0.15) is 11.6 Å². The molecule has 1 saturated heterocycles. The van der Waals surface area contributed by atoms with Crippen LogP contribution in [0.2, 0.25) is 0 Å². The van der Waals surface area contributed by atoms with Gasteiger partial charge in [0, 0.05) is 19.2 Å². The predicted molar refractivity (Wildman–Crippen MR) is 74.9 cm³/mol. The molecule has 1 fully saturated rings. The minimum atomic E-state index is -0.698. The van der Waals surface area contributed by atoms with E-state index in [1.807, 2.05) is 0 Å². The lowest BCUT2D eigenvalue weighted by Crippen LogP contribution is -2.53.